The molecule has 2 heterocycles. The van der Waals surface area contributed by atoms with Crippen molar-refractivity contribution in [2.45, 2.75) is 50.5 Å². The van der Waals surface area contributed by atoms with Crippen molar-refractivity contribution < 1.29 is 25.2 Å². The summed E-state index contributed by atoms with van der Waals surface area (Å²) in [6.45, 7) is 5.77. The maximum Gasteiger partial charge on any atom is 0.120 e. The number of β-amino-alcohol motifs (C(OH)–C–C–N with tert-alkyl or cyclic N) is 1. The summed E-state index contributed by atoms with van der Waals surface area (Å²) in [4.78, 5) is 14.9. The van der Waals surface area contributed by atoms with Crippen LogP contribution in [-0.4, -0.2) is 100 Å². The Balaban J connectivity index is 1.81. The van der Waals surface area contributed by atoms with Gasteiger partial charge in [0.2, 0.25) is 0 Å². The van der Waals surface area contributed by atoms with Crippen molar-refractivity contribution in [3.63, 3.8) is 0 Å². The van der Waals surface area contributed by atoms with Crippen LogP contribution in [0, 0.1) is 11.8 Å². The Morgan fingerprint density at radius 1 is 1.17 bits per heavy atom. The van der Waals surface area contributed by atoms with E-state index in [0.29, 0.717) is 24.8 Å². The number of likely N-dealkylation sites (tertiary alicyclic amines) is 2. The van der Waals surface area contributed by atoms with Gasteiger partial charge in [-0.15, -0.1) is 0 Å². The highest BCUT2D eigenvalue weighted by Crippen LogP contribution is 2.24. The van der Waals surface area contributed by atoms with Crippen molar-refractivity contribution in [3.05, 3.63) is 0 Å². The second kappa shape index (κ2) is 9.22. The van der Waals surface area contributed by atoms with Crippen molar-refractivity contribution in [2.24, 2.45) is 11.8 Å². The third-order valence-electron chi connectivity index (χ3n) is 5.48. The van der Waals surface area contributed by atoms with Crippen LogP contribution < -0.4 is 0 Å². The molecule has 5 atom stereocenters. The van der Waals surface area contributed by atoms with Gasteiger partial charge in [0.25, 0.3) is 0 Å². The van der Waals surface area contributed by atoms with Gasteiger partial charge in [-0.25, -0.2) is 0 Å². The molecule has 0 saturated carbocycles. The Bertz CT molecular complexity index is 389. The Hall–Kier alpha value is -0.570. The summed E-state index contributed by atoms with van der Waals surface area (Å²) in [5.74, 6) is 0.831. The molecule has 0 radical (unpaired) electrons. The zero-order chi connectivity index (χ0) is 17.7. The van der Waals surface area contributed by atoms with E-state index >= 15 is 0 Å². The Morgan fingerprint density at radius 3 is 2.42 bits per heavy atom. The van der Waals surface area contributed by atoms with Gasteiger partial charge in [0.1, 0.15) is 18.5 Å². The smallest absolute Gasteiger partial charge is 0.120 e. The van der Waals surface area contributed by atoms with E-state index in [1.807, 2.05) is 4.90 Å². The minimum Gasteiger partial charge on any atom is -0.395 e. The van der Waals surface area contributed by atoms with Crippen LogP contribution in [0.5, 0.6) is 0 Å². The molecule has 2 fully saturated rings. The molecule has 2 rings (SSSR count). The average molecular weight is 344 g/mol. The van der Waals surface area contributed by atoms with Crippen molar-refractivity contribution in [1.82, 2.24) is 9.80 Å². The van der Waals surface area contributed by atoms with Crippen LogP contribution in [0.2, 0.25) is 0 Å². The molecule has 0 aliphatic carbocycles. The van der Waals surface area contributed by atoms with Crippen LogP contribution in [0.15, 0.2) is 0 Å². The van der Waals surface area contributed by atoms with Crippen LogP contribution in [0.4, 0.5) is 0 Å². The first-order valence-corrected chi connectivity index (χ1v) is 9.01. The molecule has 24 heavy (non-hydrogen) atoms. The third kappa shape index (κ3) is 4.97. The fraction of sp³-hybridized carbons (Fsp3) is 0.941. The minimum absolute atomic E-state index is 0.229. The average Bonchev–Trinajstić information content (AvgIpc) is 2.55. The lowest BCUT2D eigenvalue weighted by molar-refractivity contribution is -0.148. The topological polar surface area (TPSA) is 104 Å². The van der Waals surface area contributed by atoms with E-state index in [-0.39, 0.29) is 13.2 Å². The predicted molar refractivity (Wildman–Crippen MR) is 89.5 cm³/mol. The van der Waals surface area contributed by atoms with Gasteiger partial charge in [-0.2, -0.15) is 0 Å². The quantitative estimate of drug-likeness (QED) is 0.425. The molecule has 2 saturated heterocycles. The van der Waals surface area contributed by atoms with Gasteiger partial charge in [0.05, 0.1) is 18.8 Å². The summed E-state index contributed by atoms with van der Waals surface area (Å²) in [5.41, 5.74) is 0. The molecule has 0 aromatic rings. The van der Waals surface area contributed by atoms with Crippen LogP contribution in [0.25, 0.3) is 0 Å². The van der Waals surface area contributed by atoms with Gasteiger partial charge in [-0.05, 0) is 37.8 Å². The zero-order valence-corrected chi connectivity index (χ0v) is 14.5. The largest absolute Gasteiger partial charge is 0.395 e. The lowest BCUT2D eigenvalue weighted by atomic mass is 9.90. The highest BCUT2D eigenvalue weighted by atomic mass is 16.4. The number of nitrogens with zero attached hydrogens (tertiary/aromatic N) is 2. The second-order valence-electron chi connectivity index (χ2n) is 7.50. The number of carbonyl (C=O) groups excluding carboxylic acids is 1. The van der Waals surface area contributed by atoms with Crippen LogP contribution in [-0.2, 0) is 4.79 Å². The molecule has 0 aromatic carbocycles. The summed E-state index contributed by atoms with van der Waals surface area (Å²) in [6, 6.07) is -0.519. The fourth-order valence-corrected chi connectivity index (χ4v) is 3.95. The molecular weight excluding hydrogens is 312 g/mol. The lowest BCUT2D eigenvalue weighted by Crippen LogP contribution is -2.63. The van der Waals surface area contributed by atoms with Gasteiger partial charge >= 0.3 is 0 Å². The van der Waals surface area contributed by atoms with Crippen molar-refractivity contribution in [3.8, 4) is 0 Å². The first kappa shape index (κ1) is 19.8. The van der Waals surface area contributed by atoms with Crippen LogP contribution in [0.3, 0.4) is 0 Å². The summed E-state index contributed by atoms with van der Waals surface area (Å²) in [5, 5.41) is 39.2. The molecule has 2 aliphatic rings. The van der Waals surface area contributed by atoms with Gasteiger partial charge in [-0.1, -0.05) is 6.92 Å². The standard InChI is InChI=1S/C17H32N2O5/c1-12(4-7-20)8-18-5-2-13(3-6-18)9-19-10-15(22)17(24)16(23)14(19)11-21/h7,12-17,21-24H,2-6,8-11H2,1H3/t12?,14-,15+,16-,17-/m1/s1. The highest BCUT2D eigenvalue weighted by Gasteiger charge is 2.41. The van der Waals surface area contributed by atoms with E-state index in [2.05, 4.69) is 11.8 Å². The van der Waals surface area contributed by atoms with Crippen molar-refractivity contribution in [2.75, 3.05) is 39.3 Å². The summed E-state index contributed by atoms with van der Waals surface area (Å²) in [7, 11) is 0. The Labute approximate surface area is 143 Å². The molecule has 7 nitrogen and oxygen atoms in total. The molecule has 0 aromatic heterocycles. The molecule has 0 bridgehead atoms. The van der Waals surface area contributed by atoms with Crippen LogP contribution >= 0.6 is 0 Å². The molecule has 2 aliphatic heterocycles. The van der Waals surface area contributed by atoms with E-state index in [1.54, 1.807) is 0 Å². The molecule has 140 valence electrons. The molecule has 4 N–H and O–H groups in total. The summed E-state index contributed by atoms with van der Waals surface area (Å²) >= 11 is 0. The maximum absolute atomic E-state index is 10.6. The van der Waals surface area contributed by atoms with E-state index in [4.69, 9.17) is 0 Å². The number of hydrogen-bond acceptors (Lipinski definition) is 7. The normalized spacial score (nSPS) is 35.0. The lowest BCUT2D eigenvalue weighted by Gasteiger charge is -2.45. The fourth-order valence-electron chi connectivity index (χ4n) is 3.95. The molecule has 0 spiro atoms. The predicted octanol–water partition coefficient (Wildman–Crippen LogP) is -1.32. The summed E-state index contributed by atoms with van der Waals surface area (Å²) in [6.07, 6.45) is 0.335. The zero-order valence-electron chi connectivity index (χ0n) is 14.5. The Morgan fingerprint density at radius 2 is 1.83 bits per heavy atom. The molecule has 1 unspecified atom stereocenters. The SMILES string of the molecule is CC(CC=O)CN1CCC(CN2C[C@H](O)[C@@H](O)[C@H](O)[C@H]2CO)CC1. The van der Waals surface area contributed by atoms with E-state index in [1.165, 1.54) is 0 Å². The van der Waals surface area contributed by atoms with E-state index in [0.717, 1.165) is 38.8 Å². The van der Waals surface area contributed by atoms with Gasteiger partial charge in [-0.3, -0.25) is 4.90 Å². The van der Waals surface area contributed by atoms with E-state index < -0.39 is 24.4 Å². The highest BCUT2D eigenvalue weighted by molar-refractivity contribution is 5.49. The van der Waals surface area contributed by atoms with Crippen LogP contribution in [0.1, 0.15) is 26.2 Å². The second-order valence-corrected chi connectivity index (χ2v) is 7.50. The number of piperidine rings is 2. The number of hydrogen-bond donors (Lipinski definition) is 4. The van der Waals surface area contributed by atoms with Crippen molar-refractivity contribution >= 4 is 6.29 Å². The molecule has 0 amide bonds. The van der Waals surface area contributed by atoms with Gasteiger partial charge < -0.3 is 30.1 Å². The van der Waals surface area contributed by atoms with E-state index in [9.17, 15) is 25.2 Å². The number of aldehydes is 1. The van der Waals surface area contributed by atoms with Gasteiger partial charge in [0, 0.05) is 26.1 Å². The number of aliphatic hydroxyl groups is 4. The summed E-state index contributed by atoms with van der Waals surface area (Å²) < 4.78 is 0. The number of rotatable bonds is 7. The first-order chi connectivity index (χ1) is 11.5. The maximum atomic E-state index is 10.6. The third-order valence-corrected chi connectivity index (χ3v) is 5.48. The minimum atomic E-state index is -1.19. The number of aliphatic hydroxyl groups excluding tert-OH is 4. The first-order valence-electron chi connectivity index (χ1n) is 9.01. The molecule has 7 heteroatoms. The van der Waals surface area contributed by atoms with Gasteiger partial charge in [0.15, 0.2) is 0 Å². The van der Waals surface area contributed by atoms with Crippen molar-refractivity contribution in [1.29, 1.82) is 0 Å². The molecular formula is C17H32N2O5. The monoisotopic (exact) mass is 344 g/mol. The Kier molecular flexibility index (Phi) is 7.59. The number of carbonyl (C=O) groups is 1.